The van der Waals surface area contributed by atoms with Gasteiger partial charge in [-0.1, -0.05) is 23.7 Å². The monoisotopic (exact) mass is 384 g/mol. The zero-order chi connectivity index (χ0) is 18.8. The van der Waals surface area contributed by atoms with Crippen molar-refractivity contribution in [3.05, 3.63) is 62.7 Å². The van der Waals surface area contributed by atoms with Crippen molar-refractivity contribution in [2.45, 2.75) is 11.8 Å². The number of nitro groups is 1. The highest BCUT2D eigenvalue weighted by Gasteiger charge is 2.24. The molecule has 0 amide bonds. The van der Waals surface area contributed by atoms with Gasteiger partial charge in [-0.05, 0) is 25.1 Å². The van der Waals surface area contributed by atoms with Gasteiger partial charge in [0.15, 0.2) is 0 Å². The molecule has 10 heteroatoms. The average molecular weight is 385 g/mol. The molecule has 132 valence electrons. The van der Waals surface area contributed by atoms with E-state index in [4.69, 9.17) is 11.6 Å². The van der Waals surface area contributed by atoms with Crippen LogP contribution in [0.3, 0.4) is 0 Å². The van der Waals surface area contributed by atoms with E-state index in [1.165, 1.54) is 31.2 Å². The summed E-state index contributed by atoms with van der Waals surface area (Å²) in [7, 11) is -3.06. The number of rotatable bonds is 5. The average Bonchev–Trinajstić information content (AvgIpc) is 2.56. The summed E-state index contributed by atoms with van der Waals surface area (Å²) in [5.41, 5.74) is -0.287. The molecule has 0 bridgehead atoms. The Morgan fingerprint density at radius 2 is 1.92 bits per heavy atom. The Bertz CT molecular complexity index is 958. The van der Waals surface area contributed by atoms with E-state index in [0.717, 1.165) is 19.2 Å². The van der Waals surface area contributed by atoms with Crippen molar-refractivity contribution in [1.29, 1.82) is 0 Å². The zero-order valence-electron chi connectivity index (χ0n) is 13.1. The van der Waals surface area contributed by atoms with E-state index in [-0.39, 0.29) is 21.8 Å². The normalized spacial score (nSPS) is 11.0. The molecule has 0 radical (unpaired) electrons. The number of benzene rings is 2. The summed E-state index contributed by atoms with van der Waals surface area (Å²) >= 11 is 5.91. The third-order valence-electron chi connectivity index (χ3n) is 3.37. The number of nitrogens with one attached hydrogen (secondary N) is 1. The van der Waals surface area contributed by atoms with Gasteiger partial charge in [0.2, 0.25) is 0 Å². The van der Waals surface area contributed by atoms with Gasteiger partial charge in [0, 0.05) is 11.6 Å². The van der Waals surface area contributed by atoms with Crippen molar-refractivity contribution in [3.8, 4) is 0 Å². The maximum atomic E-state index is 12.6. The van der Waals surface area contributed by atoms with Crippen LogP contribution in [0.4, 0.5) is 11.4 Å². The largest absolute Gasteiger partial charge is 0.465 e. The van der Waals surface area contributed by atoms with E-state index in [1.807, 2.05) is 0 Å². The maximum Gasteiger partial charge on any atom is 0.339 e. The number of hydrogen-bond acceptors (Lipinski definition) is 6. The van der Waals surface area contributed by atoms with Crippen LogP contribution >= 0.6 is 11.6 Å². The van der Waals surface area contributed by atoms with Gasteiger partial charge in [0.05, 0.1) is 33.2 Å². The van der Waals surface area contributed by atoms with Crippen molar-refractivity contribution >= 4 is 39.0 Å². The molecule has 0 atom stereocenters. The predicted molar refractivity (Wildman–Crippen MR) is 91.4 cm³/mol. The van der Waals surface area contributed by atoms with Gasteiger partial charge in [0.25, 0.3) is 15.7 Å². The quantitative estimate of drug-likeness (QED) is 0.481. The lowest BCUT2D eigenvalue weighted by Gasteiger charge is -2.12. The van der Waals surface area contributed by atoms with E-state index in [1.54, 1.807) is 0 Å². The fourth-order valence-electron chi connectivity index (χ4n) is 2.05. The Hall–Kier alpha value is -2.65. The molecule has 0 aliphatic heterocycles. The van der Waals surface area contributed by atoms with Crippen molar-refractivity contribution in [2.24, 2.45) is 0 Å². The lowest BCUT2D eigenvalue weighted by Crippen LogP contribution is -2.16. The molecule has 0 aromatic heterocycles. The van der Waals surface area contributed by atoms with Crippen molar-refractivity contribution in [2.75, 3.05) is 11.8 Å². The molecule has 0 fully saturated rings. The number of anilines is 1. The van der Waals surface area contributed by atoms with E-state index < -0.39 is 31.5 Å². The highest BCUT2D eigenvalue weighted by molar-refractivity contribution is 7.92. The molecule has 2 aromatic carbocycles. The highest BCUT2D eigenvalue weighted by Crippen LogP contribution is 2.30. The van der Waals surface area contributed by atoms with Crippen molar-refractivity contribution in [3.63, 3.8) is 0 Å². The van der Waals surface area contributed by atoms with Gasteiger partial charge in [-0.25, -0.2) is 13.2 Å². The van der Waals surface area contributed by atoms with Crippen LogP contribution < -0.4 is 4.72 Å². The van der Waals surface area contributed by atoms with Crippen molar-refractivity contribution in [1.82, 2.24) is 0 Å². The number of nitro benzene ring substituents is 1. The molecule has 0 spiro atoms. The Morgan fingerprint density at radius 1 is 1.28 bits per heavy atom. The third-order valence-corrected chi connectivity index (χ3v) is 5.11. The standard InChI is InChI=1S/C15H13ClN2O6S/c1-9-12(16)7-10(8-14(9)18(20)21)25(22,23)17-13-6-4-3-5-11(13)15(19)24-2/h3-8,17H,1-2H3. The summed E-state index contributed by atoms with van der Waals surface area (Å²) in [5, 5.41) is 11.0. The molecular formula is C15H13ClN2O6S. The number of sulfonamides is 1. The summed E-state index contributed by atoms with van der Waals surface area (Å²) in [6, 6.07) is 7.83. The van der Waals surface area contributed by atoms with Crippen LogP contribution in [0.2, 0.25) is 5.02 Å². The molecule has 2 rings (SSSR count). The van der Waals surface area contributed by atoms with Gasteiger partial charge < -0.3 is 4.74 Å². The Balaban J connectivity index is 2.52. The number of ether oxygens (including phenoxy) is 1. The second-order valence-electron chi connectivity index (χ2n) is 4.95. The van der Waals surface area contributed by atoms with Crippen LogP contribution in [0.15, 0.2) is 41.3 Å². The van der Waals surface area contributed by atoms with E-state index in [0.29, 0.717) is 0 Å². The first-order valence-electron chi connectivity index (χ1n) is 6.82. The highest BCUT2D eigenvalue weighted by atomic mass is 35.5. The van der Waals surface area contributed by atoms with Crippen LogP contribution in [0.1, 0.15) is 15.9 Å². The molecular weight excluding hydrogens is 372 g/mol. The molecule has 0 heterocycles. The Morgan fingerprint density at radius 3 is 2.52 bits per heavy atom. The maximum absolute atomic E-state index is 12.6. The third kappa shape index (κ3) is 3.89. The number of halogens is 1. The topological polar surface area (TPSA) is 116 Å². The zero-order valence-corrected chi connectivity index (χ0v) is 14.7. The number of esters is 1. The minimum Gasteiger partial charge on any atom is -0.465 e. The lowest BCUT2D eigenvalue weighted by molar-refractivity contribution is -0.385. The Kier molecular flexibility index (Phi) is 5.29. The fourth-order valence-corrected chi connectivity index (χ4v) is 3.45. The molecule has 2 aromatic rings. The molecule has 0 saturated carbocycles. The number of para-hydroxylation sites is 1. The molecule has 0 saturated heterocycles. The van der Waals surface area contributed by atoms with E-state index in [2.05, 4.69) is 9.46 Å². The first-order valence-corrected chi connectivity index (χ1v) is 8.68. The first-order chi connectivity index (χ1) is 11.7. The Labute approximate surface area is 148 Å². The SMILES string of the molecule is COC(=O)c1ccccc1NS(=O)(=O)c1cc(Cl)c(C)c([N+](=O)[O-])c1. The first kappa shape index (κ1) is 18.7. The molecule has 0 unspecified atom stereocenters. The van der Waals surface area contributed by atoms with Crippen LogP contribution in [-0.2, 0) is 14.8 Å². The van der Waals surface area contributed by atoms with Gasteiger partial charge in [-0.2, -0.15) is 0 Å². The summed E-state index contributed by atoms with van der Waals surface area (Å²) in [5.74, 6) is -0.730. The van der Waals surface area contributed by atoms with Gasteiger partial charge >= 0.3 is 5.97 Å². The minimum atomic E-state index is -4.22. The molecule has 8 nitrogen and oxygen atoms in total. The minimum absolute atomic E-state index is 0.00119. The summed E-state index contributed by atoms with van der Waals surface area (Å²) in [4.78, 5) is 21.7. The molecule has 0 aliphatic rings. The second kappa shape index (κ2) is 7.08. The number of methoxy groups -OCH3 is 1. The molecule has 0 aliphatic carbocycles. The predicted octanol–water partition coefficient (Wildman–Crippen LogP) is 3.14. The van der Waals surface area contributed by atoms with Crippen LogP contribution in [0, 0.1) is 17.0 Å². The van der Waals surface area contributed by atoms with Crippen LogP contribution in [0.5, 0.6) is 0 Å². The van der Waals surface area contributed by atoms with Crippen LogP contribution in [-0.4, -0.2) is 26.4 Å². The summed E-state index contributed by atoms with van der Waals surface area (Å²) < 4.78 is 31.9. The number of carbonyl (C=O) groups excluding carboxylic acids is 1. The van der Waals surface area contributed by atoms with Gasteiger partial charge in [-0.15, -0.1) is 0 Å². The van der Waals surface area contributed by atoms with Gasteiger partial charge in [0.1, 0.15) is 0 Å². The van der Waals surface area contributed by atoms with Crippen LogP contribution in [0.25, 0.3) is 0 Å². The molecule has 1 N–H and O–H groups in total. The smallest absolute Gasteiger partial charge is 0.339 e. The lowest BCUT2D eigenvalue weighted by atomic mass is 10.2. The van der Waals surface area contributed by atoms with E-state index in [9.17, 15) is 23.3 Å². The van der Waals surface area contributed by atoms with Crippen molar-refractivity contribution < 1.29 is 22.9 Å². The number of hydrogen-bond donors (Lipinski definition) is 1. The summed E-state index contributed by atoms with van der Waals surface area (Å²) in [6.45, 7) is 1.41. The number of carbonyl (C=O) groups is 1. The fraction of sp³-hybridized carbons (Fsp3) is 0.133. The second-order valence-corrected chi connectivity index (χ2v) is 7.04. The van der Waals surface area contributed by atoms with Gasteiger partial charge in [-0.3, -0.25) is 14.8 Å². The molecule has 25 heavy (non-hydrogen) atoms. The number of nitrogens with zero attached hydrogens (tertiary/aromatic N) is 1. The summed E-state index contributed by atoms with van der Waals surface area (Å²) in [6.07, 6.45) is 0. The van der Waals surface area contributed by atoms with E-state index >= 15 is 0 Å².